The van der Waals surface area contributed by atoms with E-state index in [-0.39, 0.29) is 35.2 Å². The highest BCUT2D eigenvalue weighted by Crippen LogP contribution is 2.31. The molecule has 1 aromatic heterocycles. The van der Waals surface area contributed by atoms with Crippen LogP contribution >= 0.6 is 11.3 Å². The number of anilines is 1. The second-order valence-electron chi connectivity index (χ2n) is 6.40. The monoisotopic (exact) mass is 428 g/mol. The van der Waals surface area contributed by atoms with Crippen molar-refractivity contribution in [2.45, 2.75) is 24.7 Å². The fourth-order valence-electron chi connectivity index (χ4n) is 2.75. The Hall–Kier alpha value is -2.84. The lowest BCUT2D eigenvalue weighted by atomic mass is 10.1. The first-order chi connectivity index (χ1) is 13.9. The van der Waals surface area contributed by atoms with Crippen molar-refractivity contribution >= 4 is 38.0 Å². The number of Topliss-reactive ketones (excluding diaryl/α,β-unsaturated/α-hetero) is 1. The molecule has 1 N–H and O–H groups in total. The molecule has 8 heteroatoms. The van der Waals surface area contributed by atoms with Crippen LogP contribution in [-0.2, 0) is 14.6 Å². The summed E-state index contributed by atoms with van der Waals surface area (Å²) in [6.07, 6.45) is 0.237. The van der Waals surface area contributed by atoms with Gasteiger partial charge >= 0.3 is 0 Å². The molecule has 3 rings (SSSR count). The molecule has 0 bridgehead atoms. The molecular formula is C21H20N2O4S2. The number of hydrogen-bond donors (Lipinski definition) is 1. The zero-order valence-corrected chi connectivity index (χ0v) is 17.4. The highest BCUT2D eigenvalue weighted by Gasteiger charge is 2.19. The lowest BCUT2D eigenvalue weighted by Gasteiger charge is -2.04. The quantitative estimate of drug-likeness (QED) is 0.543. The molecular weight excluding hydrogens is 408 g/mol. The average Bonchev–Trinajstić information content (AvgIpc) is 3.13. The van der Waals surface area contributed by atoms with Gasteiger partial charge in [-0.25, -0.2) is 13.4 Å². The number of aromatic nitrogens is 1. The third-order valence-electron chi connectivity index (χ3n) is 4.16. The van der Waals surface area contributed by atoms with Crippen LogP contribution in [0.3, 0.4) is 0 Å². The minimum absolute atomic E-state index is 0.0434. The fourth-order valence-corrected chi connectivity index (χ4v) is 4.99. The molecule has 150 valence electrons. The van der Waals surface area contributed by atoms with Crippen molar-refractivity contribution in [2.24, 2.45) is 0 Å². The first kappa shape index (κ1) is 20.9. The van der Waals surface area contributed by atoms with Crippen LogP contribution in [-0.4, -0.2) is 30.8 Å². The third-order valence-corrected chi connectivity index (χ3v) is 7.05. The van der Waals surface area contributed by atoms with E-state index >= 15 is 0 Å². The zero-order valence-electron chi connectivity index (χ0n) is 15.8. The van der Waals surface area contributed by atoms with Gasteiger partial charge in [-0.2, -0.15) is 0 Å². The van der Waals surface area contributed by atoms with Gasteiger partial charge in [-0.1, -0.05) is 59.9 Å². The van der Waals surface area contributed by atoms with Crippen LogP contribution in [0, 0.1) is 0 Å². The summed E-state index contributed by atoms with van der Waals surface area (Å²) < 4.78 is 24.5. The van der Waals surface area contributed by atoms with Crippen molar-refractivity contribution < 1.29 is 18.0 Å². The maximum atomic E-state index is 12.3. The predicted molar refractivity (Wildman–Crippen MR) is 114 cm³/mol. The molecule has 2 aromatic carbocycles. The summed E-state index contributed by atoms with van der Waals surface area (Å²) >= 11 is 1.12. The molecule has 0 unspecified atom stereocenters. The van der Waals surface area contributed by atoms with E-state index in [1.54, 1.807) is 30.3 Å². The maximum Gasteiger partial charge on any atom is 0.226 e. The number of thiazole rings is 1. The number of rotatable bonds is 8. The number of sulfone groups is 1. The number of carbonyl (C=O) groups is 2. The van der Waals surface area contributed by atoms with Crippen LogP contribution in [0.1, 0.15) is 29.4 Å². The van der Waals surface area contributed by atoms with Crippen LogP contribution < -0.4 is 5.32 Å². The third kappa shape index (κ3) is 5.36. The van der Waals surface area contributed by atoms with E-state index in [0.717, 1.165) is 16.9 Å². The number of benzene rings is 2. The molecule has 0 spiro atoms. The number of nitrogens with zero attached hydrogens (tertiary/aromatic N) is 1. The Morgan fingerprint density at radius 2 is 1.62 bits per heavy atom. The van der Waals surface area contributed by atoms with Crippen LogP contribution in [0.15, 0.2) is 65.6 Å². The van der Waals surface area contributed by atoms with Gasteiger partial charge in [0.1, 0.15) is 0 Å². The molecule has 0 saturated carbocycles. The summed E-state index contributed by atoms with van der Waals surface area (Å²) in [5.74, 6) is -0.580. The number of ketones is 1. The van der Waals surface area contributed by atoms with Gasteiger partial charge in [0.15, 0.2) is 20.8 Å². The van der Waals surface area contributed by atoms with E-state index in [2.05, 4.69) is 10.3 Å². The normalized spacial score (nSPS) is 11.2. The van der Waals surface area contributed by atoms with E-state index in [1.165, 1.54) is 6.92 Å². The minimum Gasteiger partial charge on any atom is -0.302 e. The van der Waals surface area contributed by atoms with Gasteiger partial charge in [0, 0.05) is 18.9 Å². The Balaban J connectivity index is 1.63. The molecule has 0 atom stereocenters. The van der Waals surface area contributed by atoms with Gasteiger partial charge in [0.05, 0.1) is 21.2 Å². The van der Waals surface area contributed by atoms with E-state index < -0.39 is 9.84 Å². The summed E-state index contributed by atoms with van der Waals surface area (Å²) in [4.78, 5) is 29.3. The SMILES string of the molecule is CC(=O)c1sc(NC(=O)CCCS(=O)(=O)c2ccccc2)nc1-c1ccccc1. The molecule has 1 amide bonds. The Bertz CT molecular complexity index is 1110. The van der Waals surface area contributed by atoms with E-state index in [1.807, 2.05) is 30.3 Å². The molecule has 0 radical (unpaired) electrons. The second kappa shape index (κ2) is 9.11. The van der Waals surface area contributed by atoms with Crippen molar-refractivity contribution in [1.29, 1.82) is 0 Å². The number of carbonyl (C=O) groups excluding carboxylic acids is 2. The van der Waals surface area contributed by atoms with Crippen molar-refractivity contribution in [3.05, 3.63) is 65.5 Å². The van der Waals surface area contributed by atoms with Gasteiger partial charge in [-0.3, -0.25) is 9.59 Å². The first-order valence-electron chi connectivity index (χ1n) is 9.01. The van der Waals surface area contributed by atoms with Gasteiger partial charge in [-0.05, 0) is 18.6 Å². The van der Waals surface area contributed by atoms with Crippen molar-refractivity contribution in [3.8, 4) is 11.3 Å². The molecule has 0 saturated heterocycles. The van der Waals surface area contributed by atoms with E-state index in [9.17, 15) is 18.0 Å². The van der Waals surface area contributed by atoms with Gasteiger partial charge < -0.3 is 5.32 Å². The smallest absolute Gasteiger partial charge is 0.226 e. The summed E-state index contributed by atoms with van der Waals surface area (Å²) in [5.41, 5.74) is 1.33. The van der Waals surface area contributed by atoms with E-state index in [0.29, 0.717) is 15.7 Å². The number of hydrogen-bond acceptors (Lipinski definition) is 6. The highest BCUT2D eigenvalue weighted by molar-refractivity contribution is 7.91. The number of nitrogens with one attached hydrogen (secondary N) is 1. The molecule has 0 aliphatic carbocycles. The van der Waals surface area contributed by atoms with Crippen molar-refractivity contribution in [1.82, 2.24) is 4.98 Å². The molecule has 0 fully saturated rings. The molecule has 29 heavy (non-hydrogen) atoms. The van der Waals surface area contributed by atoms with Crippen LogP contribution in [0.5, 0.6) is 0 Å². The highest BCUT2D eigenvalue weighted by atomic mass is 32.2. The van der Waals surface area contributed by atoms with Crippen molar-refractivity contribution in [2.75, 3.05) is 11.1 Å². The van der Waals surface area contributed by atoms with Gasteiger partial charge in [-0.15, -0.1) is 0 Å². The Labute approximate surface area is 173 Å². The van der Waals surface area contributed by atoms with Crippen LogP contribution in [0.2, 0.25) is 0 Å². The van der Waals surface area contributed by atoms with Crippen molar-refractivity contribution in [3.63, 3.8) is 0 Å². The zero-order chi connectivity index (χ0) is 20.9. The molecule has 0 aliphatic heterocycles. The Morgan fingerprint density at radius 1 is 1.00 bits per heavy atom. The number of amides is 1. The van der Waals surface area contributed by atoms with E-state index in [4.69, 9.17) is 0 Å². The predicted octanol–water partition coefficient (Wildman–Crippen LogP) is 4.21. The molecule has 0 aliphatic rings. The van der Waals surface area contributed by atoms with Crippen LogP contribution in [0.4, 0.5) is 5.13 Å². The average molecular weight is 429 g/mol. The van der Waals surface area contributed by atoms with Gasteiger partial charge in [0.25, 0.3) is 0 Å². The largest absolute Gasteiger partial charge is 0.302 e. The maximum absolute atomic E-state index is 12.3. The summed E-state index contributed by atoms with van der Waals surface area (Å²) in [7, 11) is -3.42. The summed E-state index contributed by atoms with van der Waals surface area (Å²) in [6, 6.07) is 17.4. The Kier molecular flexibility index (Phi) is 6.56. The van der Waals surface area contributed by atoms with Crippen LogP contribution in [0.25, 0.3) is 11.3 Å². The fraction of sp³-hybridized carbons (Fsp3) is 0.190. The minimum atomic E-state index is -3.42. The second-order valence-corrected chi connectivity index (χ2v) is 9.51. The molecule has 3 aromatic rings. The lowest BCUT2D eigenvalue weighted by Crippen LogP contribution is -2.14. The topological polar surface area (TPSA) is 93.2 Å². The standard InChI is InChI=1S/C21H20N2O4S2/c1-15(24)20-19(16-9-4-2-5-10-16)23-21(28-20)22-18(25)13-8-14-29(26,27)17-11-6-3-7-12-17/h2-7,9-12H,8,13-14H2,1H3,(H,22,23,25). The summed E-state index contributed by atoms with van der Waals surface area (Å²) in [6.45, 7) is 1.46. The summed E-state index contributed by atoms with van der Waals surface area (Å²) in [5, 5.41) is 3.00. The van der Waals surface area contributed by atoms with Gasteiger partial charge in [0.2, 0.25) is 5.91 Å². The lowest BCUT2D eigenvalue weighted by molar-refractivity contribution is -0.116. The Morgan fingerprint density at radius 3 is 2.24 bits per heavy atom. The molecule has 6 nitrogen and oxygen atoms in total. The first-order valence-corrected chi connectivity index (χ1v) is 11.5. The molecule has 1 heterocycles.